The summed E-state index contributed by atoms with van der Waals surface area (Å²) in [6.07, 6.45) is -5.49. The first-order valence-electron chi connectivity index (χ1n) is 23.6. The number of carboxylic acid groups (broad SMARTS) is 1. The topological polar surface area (TPSA) is 216 Å². The number of ether oxygens (including phenoxy) is 4. The first kappa shape index (κ1) is 51.0. The fraction of sp³-hybridized carbons (Fsp3) is 0.583. The van der Waals surface area contributed by atoms with Crippen molar-refractivity contribution in [3.05, 3.63) is 60.1 Å². The molecule has 5 aliphatic rings. The van der Waals surface area contributed by atoms with Crippen LogP contribution in [0.2, 0.25) is 0 Å². The lowest BCUT2D eigenvalue weighted by Gasteiger charge is -2.50. The number of hydrogen-bond donors (Lipinski definition) is 3. The smallest absolute Gasteiger partial charge is 0.414 e. The Morgan fingerprint density at radius 2 is 1.84 bits per heavy atom. The molecule has 0 radical (unpaired) electrons. The standard InChI is InChI=1S/C48H59F3N6O11S2/c1-6-38-39(57(44(61)62)46(48(49,50)51)16-9-20-65-27-46)42(59)56-26-34(68-33-22-35(53-36(23-33)41-52-19-21-69-41)30-12-14-32(15-13-30)66-28(2)3)24-37(56)40(58)54-47(25-31(47)11-8-7-10-29(4)67-38)43(60)55-70(63,64)45(5)17-18-45/h8,11-15,19,21-23,28-29,31,34,37-39H,6-7,9-10,16-18,20,24-27H2,1-5H3,(H,54,58)(H,55,60)(H,61,62)/t29-,31-,34-,37+,38+,39+,46?,47-/m1/s1. The summed E-state index contributed by atoms with van der Waals surface area (Å²) < 4.78 is 98.8. The van der Waals surface area contributed by atoms with Crippen molar-refractivity contribution in [2.75, 3.05) is 19.8 Å². The summed E-state index contributed by atoms with van der Waals surface area (Å²) in [5.41, 5.74) is -3.37. The number of carbonyl (C=O) groups excluding carboxylic acids is 3. The Kier molecular flexibility index (Phi) is 14.4. The predicted octanol–water partition coefficient (Wildman–Crippen LogP) is 6.87. The minimum atomic E-state index is -5.22. The Labute approximate surface area is 408 Å². The van der Waals surface area contributed by atoms with Gasteiger partial charge in [0, 0.05) is 48.2 Å². The van der Waals surface area contributed by atoms with Crippen molar-refractivity contribution in [1.82, 2.24) is 29.8 Å². The summed E-state index contributed by atoms with van der Waals surface area (Å²) in [5, 5.41) is 16.0. The van der Waals surface area contributed by atoms with Crippen LogP contribution in [-0.4, -0.2) is 135 Å². The summed E-state index contributed by atoms with van der Waals surface area (Å²) in [4.78, 5) is 68.7. The van der Waals surface area contributed by atoms with Crippen LogP contribution in [0.15, 0.2) is 60.1 Å². The van der Waals surface area contributed by atoms with E-state index in [9.17, 15) is 27.9 Å². The van der Waals surface area contributed by atoms with Crippen LogP contribution in [0.3, 0.4) is 0 Å². The van der Waals surface area contributed by atoms with Gasteiger partial charge in [-0.15, -0.1) is 11.3 Å². The summed E-state index contributed by atoms with van der Waals surface area (Å²) in [6.45, 7) is 6.98. The van der Waals surface area contributed by atoms with E-state index in [2.05, 4.69) is 15.0 Å². The SMILES string of the molecule is CC[C@@H]1O[C@H](C)CCC=C[C@@H]2C[C@@]2(C(=O)NS(=O)(=O)C2(C)CC2)NC(=O)[C@@H]2C[C@@H](Oc3cc(-c4ccc(OC(C)C)cc4)nc(-c4nccs4)c3)CN2C(=O)[C@H]1N(C(=O)O)C1(C(F)(F)F)CCCOC1. The maximum atomic E-state index is 15.6. The molecule has 2 aliphatic carbocycles. The molecule has 3 aliphatic heterocycles. The Balaban J connectivity index is 1.21. The number of rotatable bonds is 12. The van der Waals surface area contributed by atoms with Crippen LogP contribution < -0.4 is 19.5 Å². The van der Waals surface area contributed by atoms with Crippen molar-refractivity contribution in [2.24, 2.45) is 5.92 Å². The molecule has 0 bridgehead atoms. The van der Waals surface area contributed by atoms with Crippen LogP contribution in [0, 0.1) is 5.92 Å². The van der Waals surface area contributed by atoms with E-state index in [4.69, 9.17) is 23.9 Å². The summed E-state index contributed by atoms with van der Waals surface area (Å²) in [6, 6.07) is 6.78. The highest BCUT2D eigenvalue weighted by Crippen LogP contribution is 2.48. The highest BCUT2D eigenvalue weighted by molar-refractivity contribution is 7.91. The van der Waals surface area contributed by atoms with Gasteiger partial charge in [-0.05, 0) is 103 Å². The molecule has 380 valence electrons. The largest absolute Gasteiger partial charge is 0.491 e. The minimum absolute atomic E-state index is 0.00524. The quantitative estimate of drug-likeness (QED) is 0.158. The number of thiazole rings is 1. The van der Waals surface area contributed by atoms with Gasteiger partial charge in [-0.25, -0.2) is 23.2 Å². The second-order valence-electron chi connectivity index (χ2n) is 19.4. The number of allylic oxidation sites excluding steroid dienone is 1. The normalized spacial score (nSPS) is 29.2. The molecule has 1 unspecified atom stereocenters. The number of fused-ring (bicyclic) bond motifs is 2. The lowest BCUT2D eigenvalue weighted by Crippen LogP contribution is -2.72. The van der Waals surface area contributed by atoms with E-state index in [1.54, 1.807) is 61.8 Å². The van der Waals surface area contributed by atoms with Crippen LogP contribution in [-0.2, 0) is 33.9 Å². The molecule has 3 aromatic rings. The molecule has 8 rings (SSSR count). The number of amides is 4. The van der Waals surface area contributed by atoms with Crippen molar-refractivity contribution in [3.8, 4) is 33.5 Å². The molecule has 2 saturated heterocycles. The number of nitrogens with zero attached hydrogens (tertiary/aromatic N) is 4. The Bertz CT molecular complexity index is 2570. The van der Waals surface area contributed by atoms with E-state index in [0.717, 1.165) is 4.90 Å². The van der Waals surface area contributed by atoms with Gasteiger partial charge in [0.2, 0.25) is 21.8 Å². The average Bonchev–Trinajstić information content (AvgIpc) is 4.06. The number of alkyl halides is 3. The third-order valence-corrected chi connectivity index (χ3v) is 16.9. The van der Waals surface area contributed by atoms with Crippen molar-refractivity contribution in [1.29, 1.82) is 0 Å². The van der Waals surface area contributed by atoms with Crippen molar-refractivity contribution in [3.63, 3.8) is 0 Å². The van der Waals surface area contributed by atoms with E-state index in [0.29, 0.717) is 47.0 Å². The Morgan fingerprint density at radius 1 is 1.11 bits per heavy atom. The molecule has 4 amide bonds. The van der Waals surface area contributed by atoms with E-state index in [1.165, 1.54) is 18.3 Å². The Hall–Kier alpha value is -5.32. The van der Waals surface area contributed by atoms with Gasteiger partial charge < -0.3 is 34.3 Å². The van der Waals surface area contributed by atoms with Gasteiger partial charge in [-0.3, -0.25) is 24.0 Å². The highest BCUT2D eigenvalue weighted by Gasteiger charge is 2.66. The molecule has 22 heteroatoms. The van der Waals surface area contributed by atoms with Gasteiger partial charge >= 0.3 is 12.3 Å². The number of pyridine rings is 1. The van der Waals surface area contributed by atoms with Crippen LogP contribution in [0.5, 0.6) is 11.5 Å². The third kappa shape index (κ3) is 10.2. The van der Waals surface area contributed by atoms with E-state index >= 15 is 18.0 Å². The zero-order valence-electron chi connectivity index (χ0n) is 39.6. The van der Waals surface area contributed by atoms with Crippen molar-refractivity contribution in [2.45, 2.75) is 151 Å². The van der Waals surface area contributed by atoms with E-state index in [-0.39, 0.29) is 55.5 Å². The fourth-order valence-electron chi connectivity index (χ4n) is 9.65. The zero-order valence-corrected chi connectivity index (χ0v) is 41.2. The van der Waals surface area contributed by atoms with E-state index in [1.807, 2.05) is 26.0 Å². The van der Waals surface area contributed by atoms with Crippen LogP contribution in [0.25, 0.3) is 22.0 Å². The number of sulfonamides is 1. The van der Waals surface area contributed by atoms with E-state index < -0.39 is 112 Å². The first-order valence-corrected chi connectivity index (χ1v) is 26.0. The summed E-state index contributed by atoms with van der Waals surface area (Å²) in [7, 11) is -4.17. The monoisotopic (exact) mass is 1020 g/mol. The molecule has 3 N–H and O–H groups in total. The second-order valence-corrected chi connectivity index (χ2v) is 22.5. The molecule has 5 heterocycles. The predicted molar refractivity (Wildman–Crippen MR) is 250 cm³/mol. The number of aromatic nitrogens is 2. The van der Waals surface area contributed by atoms with Gasteiger partial charge in [-0.1, -0.05) is 19.1 Å². The number of carbonyl (C=O) groups is 4. The lowest BCUT2D eigenvalue weighted by molar-refractivity contribution is -0.263. The molecule has 2 saturated carbocycles. The van der Waals surface area contributed by atoms with Gasteiger partial charge in [-0.2, -0.15) is 13.2 Å². The number of halogens is 3. The maximum Gasteiger partial charge on any atom is 0.414 e. The van der Waals surface area contributed by atoms with Crippen molar-refractivity contribution < 1.29 is 64.8 Å². The molecular formula is C48H59F3N6O11S2. The molecule has 17 nitrogen and oxygen atoms in total. The molecular weight excluding hydrogens is 958 g/mol. The minimum Gasteiger partial charge on any atom is -0.491 e. The van der Waals surface area contributed by atoms with Crippen molar-refractivity contribution >= 4 is 45.2 Å². The maximum absolute atomic E-state index is 15.6. The molecule has 1 aromatic carbocycles. The molecule has 4 fully saturated rings. The summed E-state index contributed by atoms with van der Waals surface area (Å²) >= 11 is 1.32. The first-order chi connectivity index (χ1) is 33.1. The van der Waals surface area contributed by atoms with Crippen LogP contribution in [0.4, 0.5) is 18.0 Å². The van der Waals surface area contributed by atoms with Crippen LogP contribution in [0.1, 0.15) is 92.4 Å². The van der Waals surface area contributed by atoms with Gasteiger partial charge in [0.05, 0.1) is 41.9 Å². The third-order valence-electron chi connectivity index (χ3n) is 13.9. The fourth-order valence-corrected chi connectivity index (χ4v) is 11.6. The zero-order chi connectivity index (χ0) is 50.4. The number of hydrogen-bond acceptors (Lipinski definition) is 13. The lowest BCUT2D eigenvalue weighted by atomic mass is 9.86. The number of benzene rings is 1. The molecule has 2 aromatic heterocycles. The van der Waals surface area contributed by atoms with Gasteiger partial charge in [0.1, 0.15) is 45.9 Å². The van der Waals surface area contributed by atoms with Crippen LogP contribution >= 0.6 is 11.3 Å². The molecule has 8 atom stereocenters. The second kappa shape index (κ2) is 19.7. The molecule has 0 spiro atoms. The summed E-state index contributed by atoms with van der Waals surface area (Å²) in [5.74, 6) is -2.85. The Morgan fingerprint density at radius 3 is 2.46 bits per heavy atom. The highest BCUT2D eigenvalue weighted by atomic mass is 32.2. The average molecular weight is 1020 g/mol. The number of nitrogens with one attached hydrogen (secondary N) is 2. The van der Waals surface area contributed by atoms with Gasteiger partial charge in [0.25, 0.3) is 5.91 Å². The molecule has 70 heavy (non-hydrogen) atoms. The van der Waals surface area contributed by atoms with Gasteiger partial charge in [0.15, 0.2) is 5.54 Å².